The van der Waals surface area contributed by atoms with E-state index in [2.05, 4.69) is 30.2 Å². The van der Waals surface area contributed by atoms with Gasteiger partial charge in [0.15, 0.2) is 5.69 Å². The number of amidine groups is 1. The fourth-order valence-corrected chi connectivity index (χ4v) is 4.08. The maximum atomic E-state index is 11.9. The Hall–Kier alpha value is -4.41. The molecule has 0 radical (unpaired) electrons. The summed E-state index contributed by atoms with van der Waals surface area (Å²) in [6.07, 6.45) is 8.71. The number of esters is 1. The van der Waals surface area contributed by atoms with Crippen LogP contribution in [-0.2, 0) is 14.9 Å². The lowest BCUT2D eigenvalue weighted by atomic mass is 9.63. The first kappa shape index (κ1) is 24.7. The highest BCUT2D eigenvalue weighted by molar-refractivity contribution is 6.04. The van der Waals surface area contributed by atoms with Crippen molar-refractivity contribution in [3.8, 4) is 11.1 Å². The zero-order valence-corrected chi connectivity index (χ0v) is 20.4. The molecule has 0 aliphatic heterocycles. The van der Waals surface area contributed by atoms with Gasteiger partial charge in [-0.05, 0) is 37.8 Å². The summed E-state index contributed by atoms with van der Waals surface area (Å²) in [5.74, 6) is 0.123. The van der Waals surface area contributed by atoms with E-state index in [1.54, 1.807) is 26.2 Å². The third-order valence-electron chi connectivity index (χ3n) is 6.36. The molecular weight excluding hydrogens is 460 g/mol. The molecule has 6 N–H and O–H groups in total. The van der Waals surface area contributed by atoms with Gasteiger partial charge in [0.05, 0.1) is 24.9 Å². The fraction of sp³-hybridized carbons (Fsp3) is 0.320. The Morgan fingerprint density at radius 3 is 2.28 bits per heavy atom. The van der Waals surface area contributed by atoms with Crippen molar-refractivity contribution < 1.29 is 14.6 Å². The van der Waals surface area contributed by atoms with Gasteiger partial charge in [0.1, 0.15) is 17.2 Å². The Labute approximate surface area is 208 Å². The molecule has 3 aromatic rings. The van der Waals surface area contributed by atoms with E-state index < -0.39 is 16.9 Å². The number of carbonyl (C=O) groups is 1. The SMILES string of the molecule is COC(=O)C(C)(C)Nc1cnc(C([OH2+])=NC(=N)C2(c3ccc(-c4cnc(N)nc4)cc3)CCC2)cn1. The van der Waals surface area contributed by atoms with Gasteiger partial charge in [-0.2, -0.15) is 0 Å². The predicted molar refractivity (Wildman–Crippen MR) is 137 cm³/mol. The average Bonchev–Trinajstić information content (AvgIpc) is 2.84. The summed E-state index contributed by atoms with van der Waals surface area (Å²) in [6, 6.07) is 7.91. The van der Waals surface area contributed by atoms with Crippen LogP contribution in [0.4, 0.5) is 11.8 Å². The van der Waals surface area contributed by atoms with Crippen LogP contribution in [0.3, 0.4) is 0 Å². The average molecular weight is 490 g/mol. The summed E-state index contributed by atoms with van der Waals surface area (Å²) >= 11 is 0. The number of ether oxygens (including phenoxy) is 1. The molecule has 1 aromatic carbocycles. The maximum absolute atomic E-state index is 11.9. The summed E-state index contributed by atoms with van der Waals surface area (Å²) in [5, 5.41) is 20.1. The van der Waals surface area contributed by atoms with Gasteiger partial charge in [0.25, 0.3) is 0 Å². The van der Waals surface area contributed by atoms with Crippen molar-refractivity contribution in [1.82, 2.24) is 19.9 Å². The van der Waals surface area contributed by atoms with Crippen molar-refractivity contribution in [2.45, 2.75) is 44.1 Å². The van der Waals surface area contributed by atoms with Crippen LogP contribution in [0.25, 0.3) is 11.1 Å². The number of carbonyl (C=O) groups excluding carboxylic acids is 1. The van der Waals surface area contributed by atoms with Crippen molar-refractivity contribution >= 4 is 29.5 Å². The minimum Gasteiger partial charge on any atom is -0.577 e. The van der Waals surface area contributed by atoms with Crippen molar-refractivity contribution in [2.24, 2.45) is 4.99 Å². The largest absolute Gasteiger partial charge is 0.577 e. The summed E-state index contributed by atoms with van der Waals surface area (Å²) in [7, 11) is 1.32. The van der Waals surface area contributed by atoms with Crippen LogP contribution in [0, 0.1) is 5.41 Å². The van der Waals surface area contributed by atoms with Gasteiger partial charge in [-0.3, -0.25) is 5.41 Å². The molecular formula is C25H29N8O3+. The Morgan fingerprint density at radius 2 is 1.75 bits per heavy atom. The summed E-state index contributed by atoms with van der Waals surface area (Å²) in [6.45, 7) is 3.34. The number of methoxy groups -OCH3 is 1. The van der Waals surface area contributed by atoms with Gasteiger partial charge in [-0.25, -0.2) is 24.7 Å². The number of anilines is 2. The van der Waals surface area contributed by atoms with E-state index in [0.717, 1.165) is 36.0 Å². The van der Waals surface area contributed by atoms with Crippen molar-refractivity contribution in [1.29, 1.82) is 5.41 Å². The third-order valence-corrected chi connectivity index (χ3v) is 6.36. The molecule has 1 aliphatic carbocycles. The van der Waals surface area contributed by atoms with Gasteiger partial charge >= 0.3 is 11.9 Å². The highest BCUT2D eigenvalue weighted by Gasteiger charge is 2.43. The van der Waals surface area contributed by atoms with E-state index in [-0.39, 0.29) is 23.4 Å². The van der Waals surface area contributed by atoms with Crippen LogP contribution in [0.2, 0.25) is 0 Å². The van der Waals surface area contributed by atoms with Crippen molar-refractivity contribution in [2.75, 3.05) is 18.2 Å². The molecule has 11 heteroatoms. The van der Waals surface area contributed by atoms with Crippen molar-refractivity contribution in [3.63, 3.8) is 0 Å². The second kappa shape index (κ2) is 9.68. The van der Waals surface area contributed by atoms with Gasteiger partial charge in [0, 0.05) is 18.0 Å². The Kier molecular flexibility index (Phi) is 6.65. The molecule has 0 bridgehead atoms. The van der Waals surface area contributed by atoms with E-state index in [4.69, 9.17) is 21.0 Å². The third kappa shape index (κ3) is 4.85. The van der Waals surface area contributed by atoms with Crippen LogP contribution < -0.4 is 11.1 Å². The fourth-order valence-electron chi connectivity index (χ4n) is 4.08. The molecule has 2 heterocycles. The number of aliphatic imine (C=N–C) groups is 1. The molecule has 0 amide bonds. The number of nitrogens with two attached hydrogens (primary N) is 1. The van der Waals surface area contributed by atoms with Crippen molar-refractivity contribution in [3.05, 3.63) is 60.3 Å². The van der Waals surface area contributed by atoms with Gasteiger partial charge in [-0.1, -0.05) is 30.7 Å². The smallest absolute Gasteiger partial charge is 0.386 e. The van der Waals surface area contributed by atoms with Crippen LogP contribution in [0.1, 0.15) is 44.4 Å². The molecule has 11 nitrogen and oxygen atoms in total. The number of nitrogens with one attached hydrogen (secondary N) is 2. The maximum Gasteiger partial charge on any atom is 0.386 e. The summed E-state index contributed by atoms with van der Waals surface area (Å²) < 4.78 is 4.78. The number of hydrogen-bond donors (Lipinski definition) is 3. The summed E-state index contributed by atoms with van der Waals surface area (Å²) in [4.78, 5) is 32.7. The standard InChI is InChI=1S/C25H28N8O3/c1-24(2,22(35)36-3)33-19-14-28-18(13-29-19)20(34)32-21(26)25(9-4-10-25)17-7-5-15(6-8-17)16-11-30-23(27)31-12-16/h5-8,11-14H,4,9-10H2,1-3H3,(H,29,33)(H2,26,32,34)(H2,27,30,31)/p+1. The zero-order chi connectivity index (χ0) is 25.9. The highest BCUT2D eigenvalue weighted by Crippen LogP contribution is 2.45. The van der Waals surface area contributed by atoms with Crippen LogP contribution in [0.15, 0.2) is 54.0 Å². The number of aromatic nitrogens is 4. The topological polar surface area (TPSA) is 175 Å². The quantitative estimate of drug-likeness (QED) is 0.196. The molecule has 36 heavy (non-hydrogen) atoms. The number of hydrogen-bond acceptors (Lipinski definition) is 9. The van der Waals surface area contributed by atoms with Gasteiger partial charge in [-0.15, -0.1) is 4.99 Å². The second-order valence-corrected chi connectivity index (χ2v) is 9.18. The van der Waals surface area contributed by atoms with Crippen LogP contribution in [0.5, 0.6) is 0 Å². The molecule has 0 atom stereocenters. The lowest BCUT2D eigenvalue weighted by Gasteiger charge is -2.41. The highest BCUT2D eigenvalue weighted by atomic mass is 16.5. The molecule has 1 aliphatic rings. The van der Waals surface area contributed by atoms with Crippen LogP contribution >= 0.6 is 0 Å². The van der Waals surface area contributed by atoms with Gasteiger partial charge < -0.3 is 20.9 Å². The Balaban J connectivity index is 1.50. The lowest BCUT2D eigenvalue weighted by Crippen LogP contribution is -2.41. The molecule has 0 spiro atoms. The monoisotopic (exact) mass is 489 g/mol. The Bertz CT molecular complexity index is 1280. The normalized spacial score (nSPS) is 15.0. The van der Waals surface area contributed by atoms with E-state index >= 15 is 0 Å². The predicted octanol–water partition coefficient (Wildman–Crippen LogP) is 2.45. The van der Waals surface area contributed by atoms with Gasteiger partial charge in [0.2, 0.25) is 5.95 Å². The zero-order valence-electron chi connectivity index (χ0n) is 20.4. The summed E-state index contributed by atoms with van der Waals surface area (Å²) in [5.41, 5.74) is 7.05. The molecule has 4 rings (SSSR count). The molecule has 2 aromatic heterocycles. The van der Waals surface area contributed by atoms with E-state index in [9.17, 15) is 4.79 Å². The number of benzene rings is 1. The van der Waals surface area contributed by atoms with Crippen LogP contribution in [-0.4, -0.2) is 55.4 Å². The van der Waals surface area contributed by atoms with E-state index in [1.807, 2.05) is 24.3 Å². The molecule has 186 valence electrons. The molecule has 1 fully saturated rings. The number of nitrogen functional groups attached to an aromatic ring is 1. The second-order valence-electron chi connectivity index (χ2n) is 9.18. The lowest BCUT2D eigenvalue weighted by molar-refractivity contribution is -0.144. The minimum absolute atomic E-state index is 0.123. The first-order valence-corrected chi connectivity index (χ1v) is 11.4. The first-order valence-electron chi connectivity index (χ1n) is 11.4. The number of nitrogens with zero attached hydrogens (tertiary/aromatic N) is 5. The van der Waals surface area contributed by atoms with E-state index in [1.165, 1.54) is 19.5 Å². The molecule has 0 unspecified atom stereocenters. The minimum atomic E-state index is -0.988. The Morgan fingerprint density at radius 1 is 1.08 bits per heavy atom. The number of rotatable bonds is 7. The van der Waals surface area contributed by atoms with E-state index in [0.29, 0.717) is 5.82 Å². The first-order chi connectivity index (χ1) is 17.1. The molecule has 0 saturated heterocycles. The molecule has 1 saturated carbocycles.